The van der Waals surface area contributed by atoms with Crippen molar-refractivity contribution < 1.29 is 13.2 Å². The van der Waals surface area contributed by atoms with Crippen molar-refractivity contribution in [2.24, 2.45) is 0 Å². The van der Waals surface area contributed by atoms with Crippen LogP contribution in [-0.2, 0) is 9.05 Å². The summed E-state index contributed by atoms with van der Waals surface area (Å²) < 4.78 is 26.6. The van der Waals surface area contributed by atoms with Crippen molar-refractivity contribution in [3.8, 4) is 5.75 Å². The van der Waals surface area contributed by atoms with E-state index in [0.717, 1.165) is 11.1 Å². The molecule has 1 rings (SSSR count). The highest BCUT2D eigenvalue weighted by Gasteiger charge is 2.06. The van der Waals surface area contributed by atoms with Crippen LogP contribution in [0.5, 0.6) is 5.75 Å². The Morgan fingerprint density at radius 1 is 1.33 bits per heavy atom. The molecule has 0 saturated carbocycles. The van der Waals surface area contributed by atoms with Gasteiger partial charge in [-0.05, 0) is 31.0 Å². The SMILES string of the molecule is Cc1cccc(OCCS(=O)(=O)Cl)c1C. The van der Waals surface area contributed by atoms with Crippen LogP contribution >= 0.6 is 10.7 Å². The maximum atomic E-state index is 10.7. The molecule has 0 aromatic heterocycles. The number of benzene rings is 1. The Balaban J connectivity index is 2.62. The predicted molar refractivity (Wildman–Crippen MR) is 61.1 cm³/mol. The molecule has 0 bridgehead atoms. The summed E-state index contributed by atoms with van der Waals surface area (Å²) in [6.07, 6.45) is 0. The number of hydrogen-bond donors (Lipinski definition) is 0. The van der Waals surface area contributed by atoms with Gasteiger partial charge in [0.1, 0.15) is 12.4 Å². The van der Waals surface area contributed by atoms with Gasteiger partial charge in [-0.1, -0.05) is 12.1 Å². The summed E-state index contributed by atoms with van der Waals surface area (Å²) >= 11 is 0. The molecule has 3 nitrogen and oxygen atoms in total. The van der Waals surface area contributed by atoms with Crippen LogP contribution < -0.4 is 4.74 Å². The standard InChI is InChI=1S/C10H13ClO3S/c1-8-4-3-5-10(9(8)2)14-6-7-15(11,12)13/h3-5H,6-7H2,1-2H3. The van der Waals surface area contributed by atoms with Crippen LogP contribution in [0.2, 0.25) is 0 Å². The Labute approximate surface area is 94.4 Å². The molecule has 0 aliphatic carbocycles. The Morgan fingerprint density at radius 2 is 2.00 bits per heavy atom. The van der Waals surface area contributed by atoms with Crippen molar-refractivity contribution in [2.75, 3.05) is 12.4 Å². The van der Waals surface area contributed by atoms with Gasteiger partial charge in [-0.2, -0.15) is 0 Å². The third kappa shape index (κ3) is 4.10. The molecule has 1 aromatic carbocycles. The van der Waals surface area contributed by atoms with Crippen LogP contribution in [0, 0.1) is 13.8 Å². The molecule has 0 amide bonds. The van der Waals surface area contributed by atoms with Gasteiger partial charge in [0.05, 0.1) is 5.75 Å². The van der Waals surface area contributed by atoms with Crippen molar-refractivity contribution in [1.82, 2.24) is 0 Å². The molecular formula is C10H13ClO3S. The predicted octanol–water partition coefficient (Wildman–Crippen LogP) is 2.25. The number of ether oxygens (including phenoxy) is 1. The number of hydrogen-bond acceptors (Lipinski definition) is 3. The second-order valence-corrected chi connectivity index (χ2v) is 6.19. The molecular weight excluding hydrogens is 236 g/mol. The number of aryl methyl sites for hydroxylation is 1. The summed E-state index contributed by atoms with van der Waals surface area (Å²) in [7, 11) is 1.59. The molecule has 0 saturated heterocycles. The van der Waals surface area contributed by atoms with Gasteiger partial charge in [-0.3, -0.25) is 0 Å². The van der Waals surface area contributed by atoms with Crippen molar-refractivity contribution in [2.45, 2.75) is 13.8 Å². The highest BCUT2D eigenvalue weighted by molar-refractivity contribution is 8.13. The van der Waals surface area contributed by atoms with E-state index in [-0.39, 0.29) is 12.4 Å². The summed E-state index contributed by atoms with van der Waals surface area (Å²) in [4.78, 5) is 0. The topological polar surface area (TPSA) is 43.4 Å². The average molecular weight is 249 g/mol. The van der Waals surface area contributed by atoms with Gasteiger partial charge in [0.2, 0.25) is 9.05 Å². The van der Waals surface area contributed by atoms with Gasteiger partial charge in [-0.25, -0.2) is 8.42 Å². The first kappa shape index (κ1) is 12.3. The smallest absolute Gasteiger partial charge is 0.235 e. The second-order valence-electron chi connectivity index (χ2n) is 3.29. The lowest BCUT2D eigenvalue weighted by Crippen LogP contribution is -2.09. The fourth-order valence-corrected chi connectivity index (χ4v) is 1.60. The maximum Gasteiger partial charge on any atom is 0.235 e. The Kier molecular flexibility index (Phi) is 3.99. The van der Waals surface area contributed by atoms with Crippen LogP contribution in [-0.4, -0.2) is 20.8 Å². The fraction of sp³-hybridized carbons (Fsp3) is 0.400. The van der Waals surface area contributed by atoms with Gasteiger partial charge < -0.3 is 4.74 Å². The van der Waals surface area contributed by atoms with Crippen LogP contribution in [0.3, 0.4) is 0 Å². The van der Waals surface area contributed by atoms with E-state index in [9.17, 15) is 8.42 Å². The molecule has 0 atom stereocenters. The summed E-state index contributed by atoms with van der Waals surface area (Å²) in [5.41, 5.74) is 2.13. The quantitative estimate of drug-likeness (QED) is 0.768. The summed E-state index contributed by atoms with van der Waals surface area (Å²) in [6, 6.07) is 5.65. The zero-order valence-electron chi connectivity index (χ0n) is 8.66. The minimum absolute atomic E-state index is 0.0795. The molecule has 0 N–H and O–H groups in total. The van der Waals surface area contributed by atoms with Crippen LogP contribution in [0.1, 0.15) is 11.1 Å². The third-order valence-corrected chi connectivity index (χ3v) is 3.26. The van der Waals surface area contributed by atoms with E-state index in [1.807, 2.05) is 32.0 Å². The highest BCUT2D eigenvalue weighted by atomic mass is 35.7. The van der Waals surface area contributed by atoms with Crippen molar-refractivity contribution in [3.05, 3.63) is 29.3 Å². The second kappa shape index (κ2) is 4.86. The zero-order valence-corrected chi connectivity index (χ0v) is 10.2. The first-order valence-corrected chi connectivity index (χ1v) is 6.99. The van der Waals surface area contributed by atoms with Crippen molar-refractivity contribution in [3.63, 3.8) is 0 Å². The largest absolute Gasteiger partial charge is 0.492 e. The van der Waals surface area contributed by atoms with Crippen molar-refractivity contribution >= 4 is 19.7 Å². The van der Waals surface area contributed by atoms with Gasteiger partial charge >= 0.3 is 0 Å². The van der Waals surface area contributed by atoms with E-state index < -0.39 is 9.05 Å². The molecule has 0 unspecified atom stereocenters. The Hall–Kier alpha value is -0.740. The van der Waals surface area contributed by atoms with E-state index >= 15 is 0 Å². The first-order chi connectivity index (χ1) is 6.90. The minimum atomic E-state index is -3.47. The Bertz CT molecular complexity index is 440. The maximum absolute atomic E-state index is 10.7. The molecule has 15 heavy (non-hydrogen) atoms. The summed E-state index contributed by atoms with van der Waals surface area (Å²) in [6.45, 7) is 3.98. The third-order valence-electron chi connectivity index (χ3n) is 2.14. The van der Waals surface area contributed by atoms with Gasteiger partial charge in [0.15, 0.2) is 0 Å². The molecule has 0 aliphatic heterocycles. The molecule has 5 heteroatoms. The summed E-state index contributed by atoms with van der Waals surface area (Å²) in [5.74, 6) is 0.525. The average Bonchev–Trinajstić information content (AvgIpc) is 2.10. The van der Waals surface area contributed by atoms with Gasteiger partial charge in [0.25, 0.3) is 0 Å². The van der Waals surface area contributed by atoms with Crippen LogP contribution in [0.4, 0.5) is 0 Å². The molecule has 0 fully saturated rings. The van der Waals surface area contributed by atoms with E-state index in [4.69, 9.17) is 15.4 Å². The lowest BCUT2D eigenvalue weighted by Gasteiger charge is -2.09. The molecule has 84 valence electrons. The number of halogens is 1. The fourth-order valence-electron chi connectivity index (χ4n) is 1.13. The van der Waals surface area contributed by atoms with Gasteiger partial charge in [0, 0.05) is 10.7 Å². The van der Waals surface area contributed by atoms with E-state index in [1.165, 1.54) is 0 Å². The van der Waals surface area contributed by atoms with Gasteiger partial charge in [-0.15, -0.1) is 0 Å². The lowest BCUT2D eigenvalue weighted by molar-refractivity contribution is 0.339. The zero-order chi connectivity index (χ0) is 11.5. The van der Waals surface area contributed by atoms with Crippen LogP contribution in [0.25, 0.3) is 0 Å². The lowest BCUT2D eigenvalue weighted by atomic mass is 10.1. The molecule has 0 spiro atoms. The monoisotopic (exact) mass is 248 g/mol. The number of rotatable bonds is 4. The van der Waals surface area contributed by atoms with E-state index in [2.05, 4.69) is 0 Å². The Morgan fingerprint density at radius 3 is 2.60 bits per heavy atom. The van der Waals surface area contributed by atoms with Crippen molar-refractivity contribution in [1.29, 1.82) is 0 Å². The molecule has 1 aromatic rings. The normalized spacial score (nSPS) is 11.4. The van der Waals surface area contributed by atoms with E-state index in [0.29, 0.717) is 5.75 Å². The summed E-state index contributed by atoms with van der Waals surface area (Å²) in [5, 5.41) is 0. The highest BCUT2D eigenvalue weighted by Crippen LogP contribution is 2.20. The van der Waals surface area contributed by atoms with E-state index in [1.54, 1.807) is 0 Å². The molecule has 0 heterocycles. The van der Waals surface area contributed by atoms with Crippen LogP contribution in [0.15, 0.2) is 18.2 Å². The molecule has 0 radical (unpaired) electrons. The first-order valence-electron chi connectivity index (χ1n) is 4.51. The minimum Gasteiger partial charge on any atom is -0.492 e. The molecule has 0 aliphatic rings.